The molecule has 0 bridgehead atoms. The SMILES string of the molecule is COc1ccc(OCC(=O)NN(c2ccccc2)c2ccccc2)cc1. The maximum Gasteiger partial charge on any atom is 0.276 e. The Morgan fingerprint density at radius 2 is 1.31 bits per heavy atom. The van der Waals surface area contributed by atoms with Crippen LogP contribution < -0.4 is 19.9 Å². The number of nitrogens with zero attached hydrogens (tertiary/aromatic N) is 1. The second-order valence-electron chi connectivity index (χ2n) is 5.51. The molecule has 26 heavy (non-hydrogen) atoms. The first kappa shape index (κ1) is 17.4. The van der Waals surface area contributed by atoms with E-state index < -0.39 is 0 Å². The van der Waals surface area contributed by atoms with Crippen molar-refractivity contribution in [3.63, 3.8) is 0 Å². The smallest absolute Gasteiger partial charge is 0.276 e. The number of para-hydroxylation sites is 2. The number of anilines is 2. The van der Waals surface area contributed by atoms with Crippen molar-refractivity contribution in [2.45, 2.75) is 0 Å². The maximum absolute atomic E-state index is 12.4. The van der Waals surface area contributed by atoms with Gasteiger partial charge in [0.2, 0.25) is 0 Å². The van der Waals surface area contributed by atoms with Gasteiger partial charge in [-0.3, -0.25) is 15.2 Å². The lowest BCUT2D eigenvalue weighted by Crippen LogP contribution is -2.41. The topological polar surface area (TPSA) is 50.8 Å². The Kier molecular flexibility index (Phi) is 5.72. The standard InChI is InChI=1S/C21H20N2O3/c1-25-19-12-14-20(15-13-19)26-16-21(24)22-23(17-8-4-2-5-9-17)18-10-6-3-7-11-18/h2-15H,16H2,1H3,(H,22,24). The van der Waals surface area contributed by atoms with E-state index in [0.29, 0.717) is 5.75 Å². The molecule has 0 atom stereocenters. The lowest BCUT2D eigenvalue weighted by Gasteiger charge is -2.25. The molecule has 0 aliphatic rings. The summed E-state index contributed by atoms with van der Waals surface area (Å²) in [5.41, 5.74) is 4.60. The van der Waals surface area contributed by atoms with Crippen LogP contribution >= 0.6 is 0 Å². The summed E-state index contributed by atoms with van der Waals surface area (Å²) in [4.78, 5) is 12.4. The summed E-state index contributed by atoms with van der Waals surface area (Å²) in [7, 11) is 1.60. The lowest BCUT2D eigenvalue weighted by atomic mass is 10.2. The van der Waals surface area contributed by atoms with Crippen LogP contribution in [0.1, 0.15) is 0 Å². The van der Waals surface area contributed by atoms with Crippen LogP contribution in [-0.4, -0.2) is 19.6 Å². The Morgan fingerprint density at radius 3 is 1.81 bits per heavy atom. The largest absolute Gasteiger partial charge is 0.497 e. The van der Waals surface area contributed by atoms with Gasteiger partial charge < -0.3 is 9.47 Å². The third kappa shape index (κ3) is 4.54. The summed E-state index contributed by atoms with van der Waals surface area (Å²) in [6.07, 6.45) is 0. The number of nitrogens with one attached hydrogen (secondary N) is 1. The minimum absolute atomic E-state index is 0.0947. The van der Waals surface area contributed by atoms with Crippen molar-refractivity contribution in [3.05, 3.63) is 84.9 Å². The van der Waals surface area contributed by atoms with Gasteiger partial charge >= 0.3 is 0 Å². The van der Waals surface area contributed by atoms with E-state index in [1.807, 2.05) is 60.7 Å². The zero-order valence-corrected chi connectivity index (χ0v) is 14.5. The van der Waals surface area contributed by atoms with E-state index in [9.17, 15) is 4.79 Å². The number of hydrogen-bond acceptors (Lipinski definition) is 4. The Labute approximate surface area is 152 Å². The second-order valence-corrected chi connectivity index (χ2v) is 5.51. The van der Waals surface area contributed by atoms with Crippen LogP contribution in [-0.2, 0) is 4.79 Å². The van der Waals surface area contributed by atoms with Gasteiger partial charge in [0, 0.05) is 0 Å². The van der Waals surface area contributed by atoms with Gasteiger partial charge in [-0.1, -0.05) is 36.4 Å². The van der Waals surface area contributed by atoms with E-state index >= 15 is 0 Å². The molecule has 1 N–H and O–H groups in total. The number of carbonyl (C=O) groups is 1. The minimum Gasteiger partial charge on any atom is -0.497 e. The third-order valence-electron chi connectivity index (χ3n) is 3.69. The van der Waals surface area contributed by atoms with E-state index in [0.717, 1.165) is 17.1 Å². The highest BCUT2D eigenvalue weighted by Crippen LogP contribution is 2.22. The molecule has 0 spiro atoms. The highest BCUT2D eigenvalue weighted by Gasteiger charge is 2.13. The molecule has 0 fully saturated rings. The summed E-state index contributed by atoms with van der Waals surface area (Å²) in [6, 6.07) is 26.4. The van der Waals surface area contributed by atoms with Crippen LogP contribution in [0, 0.1) is 0 Å². The lowest BCUT2D eigenvalue weighted by molar-refractivity contribution is -0.123. The fraction of sp³-hybridized carbons (Fsp3) is 0.0952. The number of hydrazine groups is 1. The fourth-order valence-electron chi connectivity index (χ4n) is 2.41. The van der Waals surface area contributed by atoms with Crippen LogP contribution in [0.2, 0.25) is 0 Å². The number of amides is 1. The van der Waals surface area contributed by atoms with Gasteiger partial charge in [-0.15, -0.1) is 0 Å². The molecule has 0 aromatic heterocycles. The molecule has 1 amide bonds. The van der Waals surface area contributed by atoms with Crippen molar-refractivity contribution < 1.29 is 14.3 Å². The van der Waals surface area contributed by atoms with Crippen molar-refractivity contribution >= 4 is 17.3 Å². The number of benzene rings is 3. The molecule has 0 aliphatic heterocycles. The Morgan fingerprint density at radius 1 is 0.808 bits per heavy atom. The maximum atomic E-state index is 12.4. The van der Waals surface area contributed by atoms with Crippen molar-refractivity contribution in [1.82, 2.24) is 5.43 Å². The van der Waals surface area contributed by atoms with Gasteiger partial charge in [-0.05, 0) is 48.5 Å². The van der Waals surface area contributed by atoms with Crippen LogP contribution in [0.3, 0.4) is 0 Å². The molecule has 132 valence electrons. The van der Waals surface area contributed by atoms with E-state index in [1.54, 1.807) is 36.4 Å². The number of hydrogen-bond donors (Lipinski definition) is 1. The van der Waals surface area contributed by atoms with Crippen molar-refractivity contribution in [2.75, 3.05) is 18.7 Å². The molecule has 0 radical (unpaired) electrons. The van der Waals surface area contributed by atoms with Gasteiger partial charge in [-0.25, -0.2) is 0 Å². The van der Waals surface area contributed by atoms with Crippen molar-refractivity contribution in [1.29, 1.82) is 0 Å². The monoisotopic (exact) mass is 348 g/mol. The van der Waals surface area contributed by atoms with E-state index in [-0.39, 0.29) is 12.5 Å². The third-order valence-corrected chi connectivity index (χ3v) is 3.69. The highest BCUT2D eigenvalue weighted by molar-refractivity contribution is 5.81. The zero-order chi connectivity index (χ0) is 18.2. The van der Waals surface area contributed by atoms with Gasteiger partial charge in [-0.2, -0.15) is 0 Å². The number of ether oxygens (including phenoxy) is 2. The summed E-state index contributed by atoms with van der Waals surface area (Å²) < 4.78 is 10.6. The van der Waals surface area contributed by atoms with E-state index in [1.165, 1.54) is 0 Å². The van der Waals surface area contributed by atoms with Gasteiger partial charge in [0.1, 0.15) is 11.5 Å². The van der Waals surface area contributed by atoms with Gasteiger partial charge in [0.05, 0.1) is 18.5 Å². The molecule has 5 nitrogen and oxygen atoms in total. The predicted molar refractivity (Wildman–Crippen MR) is 102 cm³/mol. The molecule has 3 aromatic carbocycles. The summed E-state index contributed by atoms with van der Waals surface area (Å²) in [6.45, 7) is -0.0947. The summed E-state index contributed by atoms with van der Waals surface area (Å²) in [5.74, 6) is 1.08. The average Bonchev–Trinajstić information content (AvgIpc) is 2.72. The van der Waals surface area contributed by atoms with Gasteiger partial charge in [0.15, 0.2) is 6.61 Å². The Bertz CT molecular complexity index is 781. The second kappa shape index (κ2) is 8.58. The fourth-order valence-corrected chi connectivity index (χ4v) is 2.41. The molecule has 0 aliphatic carbocycles. The molecule has 0 saturated heterocycles. The zero-order valence-electron chi connectivity index (χ0n) is 14.5. The number of rotatable bonds is 7. The normalized spacial score (nSPS) is 10.0. The highest BCUT2D eigenvalue weighted by atomic mass is 16.5. The van der Waals surface area contributed by atoms with Crippen LogP contribution in [0.4, 0.5) is 11.4 Å². The molecule has 3 aromatic rings. The van der Waals surface area contributed by atoms with Crippen molar-refractivity contribution in [2.24, 2.45) is 0 Å². The Balaban J connectivity index is 1.67. The van der Waals surface area contributed by atoms with Crippen LogP contribution in [0.15, 0.2) is 84.9 Å². The van der Waals surface area contributed by atoms with E-state index in [2.05, 4.69) is 5.43 Å². The predicted octanol–water partition coefficient (Wildman–Crippen LogP) is 3.94. The molecule has 5 heteroatoms. The quantitative estimate of drug-likeness (QED) is 0.657. The minimum atomic E-state index is -0.256. The molecule has 3 rings (SSSR count). The first-order chi connectivity index (χ1) is 12.8. The molecular weight excluding hydrogens is 328 g/mol. The van der Waals surface area contributed by atoms with Crippen LogP contribution in [0.5, 0.6) is 11.5 Å². The summed E-state index contributed by atoms with van der Waals surface area (Å²) in [5, 5.41) is 1.74. The number of carbonyl (C=O) groups excluding carboxylic acids is 1. The molecule has 0 unspecified atom stereocenters. The molecule has 0 heterocycles. The Hall–Kier alpha value is -3.47. The first-order valence-electron chi connectivity index (χ1n) is 8.23. The molecular formula is C21H20N2O3. The van der Waals surface area contributed by atoms with Crippen molar-refractivity contribution in [3.8, 4) is 11.5 Å². The first-order valence-corrected chi connectivity index (χ1v) is 8.23. The van der Waals surface area contributed by atoms with E-state index in [4.69, 9.17) is 9.47 Å². The molecule has 0 saturated carbocycles. The number of methoxy groups -OCH3 is 1. The van der Waals surface area contributed by atoms with Gasteiger partial charge in [0.25, 0.3) is 5.91 Å². The average molecular weight is 348 g/mol. The van der Waals surface area contributed by atoms with Crippen LogP contribution in [0.25, 0.3) is 0 Å². The summed E-state index contributed by atoms with van der Waals surface area (Å²) >= 11 is 0.